The average molecular weight is 182 g/mol. The van der Waals surface area contributed by atoms with E-state index >= 15 is 0 Å². The van der Waals surface area contributed by atoms with Gasteiger partial charge in [-0.15, -0.1) is 0 Å². The smallest absolute Gasteiger partial charge is 0.221 e. The molecule has 1 aromatic rings. The Labute approximate surface area is 76.9 Å². The molecule has 1 atom stereocenters. The molecule has 5 heteroatoms. The molecule has 1 rings (SSSR count). The Kier molecular flexibility index (Phi) is 3.02. The van der Waals surface area contributed by atoms with Crippen LogP contribution in [0.2, 0.25) is 0 Å². The van der Waals surface area contributed by atoms with Crippen LogP contribution < -0.4 is 11.1 Å². The first-order valence-electron chi connectivity index (χ1n) is 4.13. The number of aromatic nitrogens is 2. The number of hydrogen-bond acceptors (Lipinski definition) is 3. The SMILES string of the molecule is CC(=O)Nc1cnn(CC(C)N)c1. The highest BCUT2D eigenvalue weighted by atomic mass is 16.1. The number of nitrogens with two attached hydrogens (primary N) is 1. The molecule has 0 aliphatic carbocycles. The number of rotatable bonds is 3. The van der Waals surface area contributed by atoms with Crippen molar-refractivity contribution < 1.29 is 4.79 Å². The van der Waals surface area contributed by atoms with Gasteiger partial charge in [-0.1, -0.05) is 0 Å². The number of hydrogen-bond donors (Lipinski definition) is 2. The van der Waals surface area contributed by atoms with Crippen LogP contribution in [-0.4, -0.2) is 21.7 Å². The molecule has 0 fully saturated rings. The number of anilines is 1. The van der Waals surface area contributed by atoms with E-state index in [-0.39, 0.29) is 11.9 Å². The first-order valence-corrected chi connectivity index (χ1v) is 4.13. The largest absolute Gasteiger partial charge is 0.326 e. The molecular formula is C8H14N4O. The molecule has 1 heterocycles. The standard InChI is InChI=1S/C8H14N4O/c1-6(9)4-12-5-8(3-10-12)11-7(2)13/h3,5-6H,4,9H2,1-2H3,(H,11,13). The van der Waals surface area contributed by atoms with Gasteiger partial charge in [-0.25, -0.2) is 0 Å². The summed E-state index contributed by atoms with van der Waals surface area (Å²) >= 11 is 0. The first-order chi connectivity index (χ1) is 6.08. The van der Waals surface area contributed by atoms with E-state index in [1.165, 1.54) is 6.92 Å². The van der Waals surface area contributed by atoms with Crippen LogP contribution in [0.4, 0.5) is 5.69 Å². The number of carbonyl (C=O) groups excluding carboxylic acids is 1. The summed E-state index contributed by atoms with van der Waals surface area (Å²) in [7, 11) is 0. The Morgan fingerprint density at radius 2 is 2.54 bits per heavy atom. The molecule has 0 saturated carbocycles. The lowest BCUT2D eigenvalue weighted by Crippen LogP contribution is -2.22. The predicted molar refractivity (Wildman–Crippen MR) is 50.2 cm³/mol. The highest BCUT2D eigenvalue weighted by Gasteiger charge is 2.01. The Morgan fingerprint density at radius 1 is 1.85 bits per heavy atom. The van der Waals surface area contributed by atoms with Crippen molar-refractivity contribution >= 4 is 11.6 Å². The van der Waals surface area contributed by atoms with Crippen molar-refractivity contribution in [1.82, 2.24) is 9.78 Å². The summed E-state index contributed by atoms with van der Waals surface area (Å²) in [6.45, 7) is 4.02. The minimum absolute atomic E-state index is 0.0603. The monoisotopic (exact) mass is 182 g/mol. The Hall–Kier alpha value is -1.36. The summed E-state index contributed by atoms with van der Waals surface area (Å²) in [5.41, 5.74) is 6.29. The van der Waals surface area contributed by atoms with Crippen LogP contribution in [0.15, 0.2) is 12.4 Å². The van der Waals surface area contributed by atoms with Gasteiger partial charge in [0.05, 0.1) is 18.4 Å². The van der Waals surface area contributed by atoms with Crippen LogP contribution in [0.25, 0.3) is 0 Å². The van der Waals surface area contributed by atoms with Gasteiger partial charge >= 0.3 is 0 Å². The van der Waals surface area contributed by atoms with Crippen LogP contribution in [0.1, 0.15) is 13.8 Å². The number of carbonyl (C=O) groups is 1. The average Bonchev–Trinajstić information content (AvgIpc) is 2.33. The highest BCUT2D eigenvalue weighted by molar-refractivity contribution is 5.88. The van der Waals surface area contributed by atoms with E-state index < -0.39 is 0 Å². The van der Waals surface area contributed by atoms with Crippen LogP contribution in [0.3, 0.4) is 0 Å². The lowest BCUT2D eigenvalue weighted by Gasteiger charge is -2.03. The molecule has 0 aliphatic rings. The quantitative estimate of drug-likeness (QED) is 0.700. The van der Waals surface area contributed by atoms with Crippen molar-refractivity contribution in [2.45, 2.75) is 26.4 Å². The minimum atomic E-state index is -0.0969. The highest BCUT2D eigenvalue weighted by Crippen LogP contribution is 2.04. The molecule has 13 heavy (non-hydrogen) atoms. The zero-order chi connectivity index (χ0) is 9.84. The molecular weight excluding hydrogens is 168 g/mol. The Balaban J connectivity index is 2.58. The third-order valence-corrected chi connectivity index (χ3v) is 1.43. The molecule has 0 bridgehead atoms. The van der Waals surface area contributed by atoms with Crippen molar-refractivity contribution in [1.29, 1.82) is 0 Å². The van der Waals surface area contributed by atoms with Crippen molar-refractivity contribution in [2.24, 2.45) is 5.73 Å². The molecule has 5 nitrogen and oxygen atoms in total. The van der Waals surface area contributed by atoms with E-state index in [9.17, 15) is 4.79 Å². The predicted octanol–water partition coefficient (Wildman–Crippen LogP) is 0.189. The lowest BCUT2D eigenvalue weighted by molar-refractivity contribution is -0.114. The van der Waals surface area contributed by atoms with E-state index in [4.69, 9.17) is 5.73 Å². The Bertz CT molecular complexity index is 292. The van der Waals surface area contributed by atoms with E-state index in [1.807, 2.05) is 6.92 Å². The summed E-state index contributed by atoms with van der Waals surface area (Å²) in [6, 6.07) is 0.0603. The van der Waals surface area contributed by atoms with Crippen LogP contribution in [0.5, 0.6) is 0 Å². The zero-order valence-electron chi connectivity index (χ0n) is 7.82. The van der Waals surface area contributed by atoms with Gasteiger partial charge in [0, 0.05) is 19.2 Å². The zero-order valence-corrected chi connectivity index (χ0v) is 7.82. The topological polar surface area (TPSA) is 72.9 Å². The second-order valence-corrected chi connectivity index (χ2v) is 3.11. The third-order valence-electron chi connectivity index (χ3n) is 1.43. The van der Waals surface area contributed by atoms with Gasteiger partial charge in [-0.2, -0.15) is 5.10 Å². The number of nitrogens with zero attached hydrogens (tertiary/aromatic N) is 2. The fourth-order valence-corrected chi connectivity index (χ4v) is 1.03. The van der Waals surface area contributed by atoms with Gasteiger partial charge in [0.15, 0.2) is 0 Å². The van der Waals surface area contributed by atoms with Crippen LogP contribution >= 0.6 is 0 Å². The fraction of sp³-hybridized carbons (Fsp3) is 0.500. The van der Waals surface area contributed by atoms with Gasteiger partial charge in [0.2, 0.25) is 5.91 Å². The van der Waals surface area contributed by atoms with E-state index in [0.29, 0.717) is 12.2 Å². The van der Waals surface area contributed by atoms with Crippen molar-refractivity contribution in [3.8, 4) is 0 Å². The van der Waals surface area contributed by atoms with Crippen LogP contribution in [0, 0.1) is 0 Å². The molecule has 1 aromatic heterocycles. The molecule has 0 aliphatic heterocycles. The molecule has 0 saturated heterocycles. The maximum Gasteiger partial charge on any atom is 0.221 e. The van der Waals surface area contributed by atoms with Crippen molar-refractivity contribution in [2.75, 3.05) is 5.32 Å². The fourth-order valence-electron chi connectivity index (χ4n) is 1.03. The van der Waals surface area contributed by atoms with Gasteiger partial charge in [-0.05, 0) is 6.92 Å². The molecule has 72 valence electrons. The molecule has 0 radical (unpaired) electrons. The number of amides is 1. The normalized spacial score (nSPS) is 12.5. The second-order valence-electron chi connectivity index (χ2n) is 3.11. The number of nitrogens with one attached hydrogen (secondary N) is 1. The summed E-state index contributed by atoms with van der Waals surface area (Å²) in [5.74, 6) is -0.0969. The minimum Gasteiger partial charge on any atom is -0.326 e. The van der Waals surface area contributed by atoms with Gasteiger partial charge < -0.3 is 11.1 Å². The summed E-state index contributed by atoms with van der Waals surface area (Å²) in [4.78, 5) is 10.7. The molecule has 3 N–H and O–H groups in total. The van der Waals surface area contributed by atoms with Gasteiger partial charge in [0.25, 0.3) is 0 Å². The van der Waals surface area contributed by atoms with Crippen molar-refractivity contribution in [3.63, 3.8) is 0 Å². The molecule has 0 spiro atoms. The van der Waals surface area contributed by atoms with E-state index in [1.54, 1.807) is 17.1 Å². The maximum atomic E-state index is 10.7. The Morgan fingerprint density at radius 3 is 3.08 bits per heavy atom. The lowest BCUT2D eigenvalue weighted by atomic mass is 10.4. The summed E-state index contributed by atoms with van der Waals surface area (Å²) in [5, 5.41) is 6.67. The van der Waals surface area contributed by atoms with E-state index in [0.717, 1.165) is 0 Å². The third kappa shape index (κ3) is 3.25. The van der Waals surface area contributed by atoms with Gasteiger partial charge in [-0.3, -0.25) is 9.48 Å². The summed E-state index contributed by atoms with van der Waals surface area (Å²) in [6.07, 6.45) is 3.36. The van der Waals surface area contributed by atoms with Crippen molar-refractivity contribution in [3.05, 3.63) is 12.4 Å². The first kappa shape index (κ1) is 9.73. The maximum absolute atomic E-state index is 10.7. The van der Waals surface area contributed by atoms with Gasteiger partial charge in [0.1, 0.15) is 0 Å². The summed E-state index contributed by atoms with van der Waals surface area (Å²) < 4.78 is 1.70. The molecule has 1 unspecified atom stereocenters. The molecule has 1 amide bonds. The van der Waals surface area contributed by atoms with Crippen LogP contribution in [-0.2, 0) is 11.3 Å². The molecule has 0 aromatic carbocycles. The second kappa shape index (κ2) is 4.04. The van der Waals surface area contributed by atoms with E-state index in [2.05, 4.69) is 10.4 Å².